The van der Waals surface area contributed by atoms with Crippen molar-refractivity contribution in [1.82, 2.24) is 25.1 Å². The van der Waals surface area contributed by atoms with Crippen LogP contribution in [0.3, 0.4) is 0 Å². The van der Waals surface area contributed by atoms with Gasteiger partial charge in [0.15, 0.2) is 0 Å². The summed E-state index contributed by atoms with van der Waals surface area (Å²) in [6.45, 7) is 2.71. The number of hydrogen-bond donors (Lipinski definition) is 3. The fraction of sp³-hybridized carbons (Fsp3) is 0.545. The van der Waals surface area contributed by atoms with E-state index in [0.717, 1.165) is 25.2 Å². The number of rotatable bonds is 3. The molecule has 3 N–H and O–H groups in total. The normalized spacial score (nSPS) is 20.8. The minimum Gasteiger partial charge on any atom is -0.396 e. The molecule has 2 aromatic rings. The molecule has 0 amide bonds. The molecule has 0 bridgehead atoms. The van der Waals surface area contributed by atoms with Crippen LogP contribution in [-0.4, -0.2) is 49.9 Å². The molecule has 2 aromatic heterocycles. The van der Waals surface area contributed by atoms with E-state index in [-0.39, 0.29) is 12.2 Å². The van der Waals surface area contributed by atoms with Crippen LogP contribution in [0.15, 0.2) is 11.1 Å². The van der Waals surface area contributed by atoms with Crippen LogP contribution in [0, 0.1) is 5.92 Å². The molecule has 0 radical (unpaired) electrons. The zero-order valence-electron chi connectivity index (χ0n) is 9.89. The van der Waals surface area contributed by atoms with Crippen LogP contribution >= 0.6 is 0 Å². The molecule has 7 heteroatoms. The highest BCUT2D eigenvalue weighted by atomic mass is 16.3. The fourth-order valence-corrected chi connectivity index (χ4v) is 2.43. The number of hydrogen-bond acceptors (Lipinski definition) is 5. The molecule has 7 nitrogen and oxygen atoms in total. The summed E-state index contributed by atoms with van der Waals surface area (Å²) in [5.74, 6) is 0.353. The number of aromatic amines is 2. The van der Waals surface area contributed by atoms with Gasteiger partial charge in [-0.1, -0.05) is 0 Å². The summed E-state index contributed by atoms with van der Waals surface area (Å²) < 4.78 is 0. The fourth-order valence-electron chi connectivity index (χ4n) is 2.43. The average molecular weight is 249 g/mol. The van der Waals surface area contributed by atoms with Crippen molar-refractivity contribution in [3.05, 3.63) is 22.4 Å². The highest BCUT2D eigenvalue weighted by Gasteiger charge is 2.23. The Balaban J connectivity index is 1.83. The van der Waals surface area contributed by atoms with Crippen LogP contribution < -0.4 is 5.56 Å². The Labute approximate surface area is 103 Å². The second-order valence-corrected chi connectivity index (χ2v) is 4.70. The van der Waals surface area contributed by atoms with E-state index < -0.39 is 0 Å². The van der Waals surface area contributed by atoms with Gasteiger partial charge in [-0.05, 0) is 18.9 Å². The van der Waals surface area contributed by atoms with E-state index in [9.17, 15) is 4.79 Å². The highest BCUT2D eigenvalue weighted by molar-refractivity contribution is 5.75. The first kappa shape index (κ1) is 11.4. The lowest BCUT2D eigenvalue weighted by atomic mass is 10.1. The summed E-state index contributed by atoms with van der Waals surface area (Å²) in [6.07, 6.45) is 2.40. The first-order chi connectivity index (χ1) is 8.78. The Morgan fingerprint density at radius 3 is 3.22 bits per heavy atom. The second kappa shape index (κ2) is 4.51. The third-order valence-corrected chi connectivity index (χ3v) is 3.43. The SMILES string of the molecule is O=c1[nH]cnc2c(CN3CC[C@@H](CO)C3)n[nH]c12. The van der Waals surface area contributed by atoms with Crippen molar-refractivity contribution < 1.29 is 5.11 Å². The largest absolute Gasteiger partial charge is 0.396 e. The van der Waals surface area contributed by atoms with Gasteiger partial charge in [0.2, 0.25) is 0 Å². The maximum Gasteiger partial charge on any atom is 0.276 e. The van der Waals surface area contributed by atoms with E-state index in [0.29, 0.717) is 23.5 Å². The third kappa shape index (κ3) is 1.91. The maximum absolute atomic E-state index is 11.5. The van der Waals surface area contributed by atoms with Crippen LogP contribution in [-0.2, 0) is 6.54 Å². The molecule has 1 aliphatic rings. The minimum absolute atomic E-state index is 0.201. The molecule has 0 spiro atoms. The Morgan fingerprint density at radius 2 is 2.44 bits per heavy atom. The molecule has 3 rings (SSSR count). The lowest BCUT2D eigenvalue weighted by molar-refractivity contribution is 0.219. The summed E-state index contributed by atoms with van der Waals surface area (Å²) >= 11 is 0. The summed E-state index contributed by atoms with van der Waals surface area (Å²) in [4.78, 5) is 20.4. The van der Waals surface area contributed by atoms with Crippen molar-refractivity contribution in [2.24, 2.45) is 5.92 Å². The standard InChI is InChI=1S/C11H15N5O2/c17-5-7-1-2-16(3-7)4-8-9-10(15-14-8)11(18)13-6-12-9/h6-7,17H,1-5H2,(H,14,15)(H,12,13,18)/t7-/m1/s1. The molecule has 1 aliphatic heterocycles. The molecular weight excluding hydrogens is 234 g/mol. The summed E-state index contributed by atoms with van der Waals surface area (Å²) in [7, 11) is 0. The number of nitrogens with zero attached hydrogens (tertiary/aromatic N) is 3. The lowest BCUT2D eigenvalue weighted by Crippen LogP contribution is -2.21. The second-order valence-electron chi connectivity index (χ2n) is 4.70. The first-order valence-electron chi connectivity index (χ1n) is 6.02. The molecule has 0 aliphatic carbocycles. The Morgan fingerprint density at radius 1 is 1.56 bits per heavy atom. The van der Waals surface area contributed by atoms with Gasteiger partial charge in [-0.3, -0.25) is 14.8 Å². The lowest BCUT2D eigenvalue weighted by Gasteiger charge is -2.13. The van der Waals surface area contributed by atoms with Gasteiger partial charge in [-0.2, -0.15) is 5.10 Å². The van der Waals surface area contributed by atoms with E-state index in [1.807, 2.05) is 0 Å². The van der Waals surface area contributed by atoms with Gasteiger partial charge in [-0.25, -0.2) is 4.98 Å². The smallest absolute Gasteiger partial charge is 0.276 e. The monoisotopic (exact) mass is 249 g/mol. The summed E-state index contributed by atoms with van der Waals surface area (Å²) in [6, 6.07) is 0. The zero-order valence-corrected chi connectivity index (χ0v) is 9.89. The van der Waals surface area contributed by atoms with Gasteiger partial charge in [0.1, 0.15) is 16.7 Å². The molecule has 3 heterocycles. The molecule has 0 saturated carbocycles. The van der Waals surface area contributed by atoms with Crippen LogP contribution in [0.1, 0.15) is 12.1 Å². The van der Waals surface area contributed by atoms with Gasteiger partial charge < -0.3 is 10.1 Å². The third-order valence-electron chi connectivity index (χ3n) is 3.43. The van der Waals surface area contributed by atoms with Gasteiger partial charge in [0.25, 0.3) is 5.56 Å². The molecular formula is C11H15N5O2. The van der Waals surface area contributed by atoms with Crippen molar-refractivity contribution in [2.75, 3.05) is 19.7 Å². The van der Waals surface area contributed by atoms with E-state index in [1.54, 1.807) is 0 Å². The van der Waals surface area contributed by atoms with Crippen LogP contribution in [0.2, 0.25) is 0 Å². The molecule has 1 saturated heterocycles. The zero-order chi connectivity index (χ0) is 12.5. The van der Waals surface area contributed by atoms with Crippen LogP contribution in [0.5, 0.6) is 0 Å². The Hall–Kier alpha value is -1.73. The number of H-pyrrole nitrogens is 2. The molecule has 96 valence electrons. The number of aromatic nitrogens is 4. The Bertz CT molecular complexity index is 605. The summed E-state index contributed by atoms with van der Waals surface area (Å²) in [5.41, 5.74) is 1.64. The highest BCUT2D eigenvalue weighted by Crippen LogP contribution is 2.19. The van der Waals surface area contributed by atoms with Crippen molar-refractivity contribution in [3.8, 4) is 0 Å². The predicted molar refractivity (Wildman–Crippen MR) is 65.0 cm³/mol. The maximum atomic E-state index is 11.5. The quantitative estimate of drug-likeness (QED) is 0.678. The van der Waals surface area contributed by atoms with E-state index >= 15 is 0 Å². The molecule has 1 atom stereocenters. The molecule has 0 unspecified atom stereocenters. The van der Waals surface area contributed by atoms with E-state index in [4.69, 9.17) is 5.11 Å². The first-order valence-corrected chi connectivity index (χ1v) is 6.02. The predicted octanol–water partition coefficient (Wildman–Crippen LogP) is -0.540. The van der Waals surface area contributed by atoms with Crippen molar-refractivity contribution in [3.63, 3.8) is 0 Å². The number of likely N-dealkylation sites (tertiary alicyclic amines) is 1. The van der Waals surface area contributed by atoms with Crippen LogP contribution in [0.4, 0.5) is 0 Å². The summed E-state index contributed by atoms with van der Waals surface area (Å²) in [5, 5.41) is 16.0. The number of aliphatic hydroxyl groups is 1. The van der Waals surface area contributed by atoms with E-state index in [1.165, 1.54) is 6.33 Å². The minimum atomic E-state index is -0.201. The van der Waals surface area contributed by atoms with Gasteiger partial charge in [0, 0.05) is 19.7 Å². The van der Waals surface area contributed by atoms with Gasteiger partial charge in [0.05, 0.1) is 6.33 Å². The molecule has 1 fully saturated rings. The van der Waals surface area contributed by atoms with Crippen LogP contribution in [0.25, 0.3) is 11.0 Å². The topological polar surface area (TPSA) is 97.9 Å². The average Bonchev–Trinajstić information content (AvgIpc) is 2.98. The van der Waals surface area contributed by atoms with Gasteiger partial charge >= 0.3 is 0 Å². The number of aliphatic hydroxyl groups excluding tert-OH is 1. The van der Waals surface area contributed by atoms with Crippen molar-refractivity contribution in [2.45, 2.75) is 13.0 Å². The van der Waals surface area contributed by atoms with Crippen molar-refractivity contribution >= 4 is 11.0 Å². The van der Waals surface area contributed by atoms with Crippen molar-refractivity contribution in [1.29, 1.82) is 0 Å². The van der Waals surface area contributed by atoms with Gasteiger partial charge in [-0.15, -0.1) is 0 Å². The molecule has 18 heavy (non-hydrogen) atoms. The Kier molecular flexibility index (Phi) is 2.85. The van der Waals surface area contributed by atoms with E-state index in [2.05, 4.69) is 25.1 Å². The number of nitrogens with one attached hydrogen (secondary N) is 2. The molecule has 0 aromatic carbocycles. The number of fused-ring (bicyclic) bond motifs is 1.